The molecular weight excluding hydrogens is 273 g/mol. The van der Waals surface area contributed by atoms with Crippen molar-refractivity contribution in [1.29, 1.82) is 0 Å². The van der Waals surface area contributed by atoms with Crippen LogP contribution in [0.2, 0.25) is 0 Å². The molecule has 0 fully saturated rings. The van der Waals surface area contributed by atoms with Crippen molar-refractivity contribution in [3.05, 3.63) is 47.8 Å². The molecule has 21 heavy (non-hydrogen) atoms. The summed E-state index contributed by atoms with van der Waals surface area (Å²) in [5.74, 6) is -2.75. The molecule has 2 N–H and O–H groups in total. The number of amides is 1. The van der Waals surface area contributed by atoms with E-state index in [0.29, 0.717) is 31.4 Å². The maximum absolute atomic E-state index is 13.4. The number of rotatable bonds is 5. The predicted octanol–water partition coefficient (Wildman–Crippen LogP) is 2.15. The first kappa shape index (κ1) is 15.2. The Labute approximate surface area is 122 Å². The van der Waals surface area contributed by atoms with Crippen molar-refractivity contribution in [2.24, 2.45) is 11.8 Å². The van der Waals surface area contributed by atoms with Crippen molar-refractivity contribution in [1.82, 2.24) is 5.32 Å². The third kappa shape index (κ3) is 3.90. The molecule has 1 aromatic rings. The van der Waals surface area contributed by atoms with Crippen LogP contribution in [0, 0.1) is 17.7 Å². The molecule has 1 aliphatic rings. The third-order valence-corrected chi connectivity index (χ3v) is 3.74. The molecule has 5 heteroatoms. The molecule has 0 saturated carbocycles. The molecule has 112 valence electrons. The predicted molar refractivity (Wildman–Crippen MR) is 76.1 cm³/mol. The number of carboxylic acids is 1. The highest BCUT2D eigenvalue weighted by Crippen LogP contribution is 2.25. The smallest absolute Gasteiger partial charge is 0.307 e. The van der Waals surface area contributed by atoms with Gasteiger partial charge in [-0.25, -0.2) is 4.39 Å². The minimum atomic E-state index is -0.950. The van der Waals surface area contributed by atoms with E-state index in [1.54, 1.807) is 24.3 Å². The number of carbonyl (C=O) groups excluding carboxylic acids is 1. The van der Waals surface area contributed by atoms with Crippen molar-refractivity contribution >= 4 is 11.9 Å². The molecule has 1 aromatic carbocycles. The fraction of sp³-hybridized carbons (Fsp3) is 0.375. The summed E-state index contributed by atoms with van der Waals surface area (Å²) >= 11 is 0. The normalized spacial score (nSPS) is 21.0. The lowest BCUT2D eigenvalue weighted by Crippen LogP contribution is -2.39. The summed E-state index contributed by atoms with van der Waals surface area (Å²) in [6.45, 7) is 0.298. The van der Waals surface area contributed by atoms with Gasteiger partial charge in [-0.1, -0.05) is 30.4 Å². The monoisotopic (exact) mass is 291 g/mol. The highest BCUT2D eigenvalue weighted by atomic mass is 19.1. The Morgan fingerprint density at radius 1 is 1.19 bits per heavy atom. The summed E-state index contributed by atoms with van der Waals surface area (Å²) < 4.78 is 13.4. The summed E-state index contributed by atoms with van der Waals surface area (Å²) in [5, 5.41) is 11.8. The standard InChI is InChI=1S/C16H18FNO3/c17-14-8-4-1-5-11(14)9-10-18-15(19)12-6-2-3-7-13(12)16(20)21/h1-5,8,12-13H,6-7,9-10H2,(H,18,19)(H,20,21). The fourth-order valence-electron chi connectivity index (χ4n) is 2.53. The number of hydrogen-bond acceptors (Lipinski definition) is 2. The van der Waals surface area contributed by atoms with Crippen molar-refractivity contribution in [3.8, 4) is 0 Å². The molecular formula is C16H18FNO3. The van der Waals surface area contributed by atoms with E-state index >= 15 is 0 Å². The Hall–Kier alpha value is -2.17. The van der Waals surface area contributed by atoms with Crippen LogP contribution in [0.25, 0.3) is 0 Å². The highest BCUT2D eigenvalue weighted by molar-refractivity contribution is 5.85. The molecule has 4 nitrogen and oxygen atoms in total. The molecule has 0 aliphatic heterocycles. The van der Waals surface area contributed by atoms with E-state index in [2.05, 4.69) is 5.32 Å². The number of allylic oxidation sites excluding steroid dienone is 2. The first-order chi connectivity index (χ1) is 10.1. The second-order valence-electron chi connectivity index (χ2n) is 5.13. The highest BCUT2D eigenvalue weighted by Gasteiger charge is 2.33. The second kappa shape index (κ2) is 7.02. The number of benzene rings is 1. The van der Waals surface area contributed by atoms with Gasteiger partial charge in [0.1, 0.15) is 5.82 Å². The largest absolute Gasteiger partial charge is 0.481 e. The average molecular weight is 291 g/mol. The minimum Gasteiger partial charge on any atom is -0.481 e. The van der Waals surface area contributed by atoms with Gasteiger partial charge in [0.2, 0.25) is 5.91 Å². The van der Waals surface area contributed by atoms with Crippen LogP contribution in [0.3, 0.4) is 0 Å². The summed E-state index contributed by atoms with van der Waals surface area (Å²) in [5.41, 5.74) is 0.538. The van der Waals surface area contributed by atoms with Gasteiger partial charge in [0, 0.05) is 6.54 Å². The Kier molecular flexibility index (Phi) is 5.09. The van der Waals surface area contributed by atoms with Crippen LogP contribution in [0.5, 0.6) is 0 Å². The molecule has 0 radical (unpaired) electrons. The van der Waals surface area contributed by atoms with Gasteiger partial charge in [-0.05, 0) is 30.9 Å². The van der Waals surface area contributed by atoms with Crippen LogP contribution in [0.4, 0.5) is 4.39 Å². The van der Waals surface area contributed by atoms with Crippen LogP contribution >= 0.6 is 0 Å². The number of carboxylic acid groups (broad SMARTS) is 1. The maximum Gasteiger partial charge on any atom is 0.307 e. The lowest BCUT2D eigenvalue weighted by molar-refractivity contribution is -0.147. The number of halogens is 1. The third-order valence-electron chi connectivity index (χ3n) is 3.74. The fourth-order valence-corrected chi connectivity index (χ4v) is 2.53. The van der Waals surface area contributed by atoms with Crippen molar-refractivity contribution in [2.75, 3.05) is 6.54 Å². The van der Waals surface area contributed by atoms with Gasteiger partial charge in [-0.2, -0.15) is 0 Å². The number of hydrogen-bond donors (Lipinski definition) is 2. The minimum absolute atomic E-state index is 0.275. The molecule has 0 heterocycles. The van der Waals surface area contributed by atoms with E-state index < -0.39 is 17.8 Å². The molecule has 0 aromatic heterocycles. The van der Waals surface area contributed by atoms with Gasteiger partial charge in [0.15, 0.2) is 0 Å². The topological polar surface area (TPSA) is 66.4 Å². The van der Waals surface area contributed by atoms with Crippen molar-refractivity contribution in [2.45, 2.75) is 19.3 Å². The van der Waals surface area contributed by atoms with Gasteiger partial charge in [-0.3, -0.25) is 9.59 Å². The zero-order valence-corrected chi connectivity index (χ0v) is 11.6. The van der Waals surface area contributed by atoms with Gasteiger partial charge >= 0.3 is 5.97 Å². The summed E-state index contributed by atoms with van der Waals surface area (Å²) in [7, 11) is 0. The van der Waals surface area contributed by atoms with Gasteiger partial charge < -0.3 is 10.4 Å². The lowest BCUT2D eigenvalue weighted by Gasteiger charge is -2.24. The number of carbonyl (C=O) groups is 2. The van der Waals surface area contributed by atoms with Crippen LogP contribution < -0.4 is 5.32 Å². The zero-order chi connectivity index (χ0) is 15.2. The Morgan fingerprint density at radius 3 is 2.52 bits per heavy atom. The van der Waals surface area contributed by atoms with Crippen LogP contribution in [-0.2, 0) is 16.0 Å². The molecule has 2 rings (SSSR count). The van der Waals surface area contributed by atoms with E-state index in [1.165, 1.54) is 6.07 Å². The van der Waals surface area contributed by atoms with Gasteiger partial charge in [0.25, 0.3) is 0 Å². The molecule has 1 amide bonds. The van der Waals surface area contributed by atoms with Crippen LogP contribution in [0.1, 0.15) is 18.4 Å². The van der Waals surface area contributed by atoms with Gasteiger partial charge in [0.05, 0.1) is 11.8 Å². The average Bonchev–Trinajstić information content (AvgIpc) is 2.49. The molecule has 2 atom stereocenters. The molecule has 1 aliphatic carbocycles. The second-order valence-corrected chi connectivity index (χ2v) is 5.13. The molecule has 0 bridgehead atoms. The maximum atomic E-state index is 13.4. The van der Waals surface area contributed by atoms with Crippen molar-refractivity contribution in [3.63, 3.8) is 0 Å². The lowest BCUT2D eigenvalue weighted by atomic mass is 9.82. The first-order valence-corrected chi connectivity index (χ1v) is 6.98. The van der Waals surface area contributed by atoms with Crippen molar-refractivity contribution < 1.29 is 19.1 Å². The van der Waals surface area contributed by atoms with Crippen LogP contribution in [-0.4, -0.2) is 23.5 Å². The SMILES string of the molecule is O=C(O)C1CC=CCC1C(=O)NCCc1ccccc1F. The van der Waals surface area contributed by atoms with Crippen LogP contribution in [0.15, 0.2) is 36.4 Å². The molecule has 0 spiro atoms. The number of nitrogens with one attached hydrogen (secondary N) is 1. The Bertz CT molecular complexity index is 556. The van der Waals surface area contributed by atoms with E-state index in [9.17, 15) is 14.0 Å². The number of aliphatic carboxylic acids is 1. The van der Waals surface area contributed by atoms with E-state index in [4.69, 9.17) is 5.11 Å². The first-order valence-electron chi connectivity index (χ1n) is 6.98. The summed E-state index contributed by atoms with van der Waals surface area (Å²) in [6.07, 6.45) is 4.82. The Balaban J connectivity index is 1.88. The quantitative estimate of drug-likeness (QED) is 0.817. The van der Waals surface area contributed by atoms with E-state index in [-0.39, 0.29) is 11.7 Å². The van der Waals surface area contributed by atoms with E-state index in [0.717, 1.165) is 0 Å². The zero-order valence-electron chi connectivity index (χ0n) is 11.6. The summed E-state index contributed by atoms with van der Waals surface area (Å²) in [4.78, 5) is 23.2. The molecule has 0 saturated heterocycles. The van der Waals surface area contributed by atoms with E-state index in [1.807, 2.05) is 6.08 Å². The molecule has 2 unspecified atom stereocenters. The summed E-state index contributed by atoms with van der Waals surface area (Å²) in [6, 6.07) is 6.41. The van der Waals surface area contributed by atoms with Gasteiger partial charge in [-0.15, -0.1) is 0 Å². The Morgan fingerprint density at radius 2 is 1.86 bits per heavy atom.